The van der Waals surface area contributed by atoms with Crippen LogP contribution in [0.5, 0.6) is 11.5 Å². The number of piperazine rings is 1. The van der Waals surface area contributed by atoms with Crippen LogP contribution in [0.15, 0.2) is 78.9 Å². The van der Waals surface area contributed by atoms with Crippen LogP contribution in [0.25, 0.3) is 0 Å². The molecule has 0 N–H and O–H groups in total. The van der Waals surface area contributed by atoms with Crippen molar-refractivity contribution in [1.82, 2.24) is 9.80 Å². The largest absolute Gasteiger partial charge is 0.494 e. The molecule has 33 heavy (non-hydrogen) atoms. The molecule has 5 nitrogen and oxygen atoms in total. The molecule has 0 spiro atoms. The summed E-state index contributed by atoms with van der Waals surface area (Å²) in [7, 11) is 0. The van der Waals surface area contributed by atoms with Crippen LogP contribution in [0.4, 0.5) is 0 Å². The van der Waals surface area contributed by atoms with Crippen molar-refractivity contribution in [1.29, 1.82) is 0 Å². The van der Waals surface area contributed by atoms with E-state index in [4.69, 9.17) is 9.47 Å². The highest BCUT2D eigenvalue weighted by Crippen LogP contribution is 2.31. The lowest BCUT2D eigenvalue weighted by molar-refractivity contribution is 0.0593. The van der Waals surface area contributed by atoms with Crippen molar-refractivity contribution in [3.63, 3.8) is 0 Å². The van der Waals surface area contributed by atoms with E-state index in [1.807, 2.05) is 36.9 Å². The molecule has 0 saturated carbocycles. The van der Waals surface area contributed by atoms with Gasteiger partial charge >= 0.3 is 0 Å². The molecule has 5 heteroatoms. The predicted molar refractivity (Wildman–Crippen MR) is 131 cm³/mol. The Hall–Kier alpha value is -3.31. The van der Waals surface area contributed by atoms with Crippen molar-refractivity contribution in [2.45, 2.75) is 19.9 Å². The zero-order chi connectivity index (χ0) is 23.0. The quantitative estimate of drug-likeness (QED) is 0.489. The van der Waals surface area contributed by atoms with E-state index < -0.39 is 0 Å². The van der Waals surface area contributed by atoms with Crippen LogP contribution in [0.3, 0.4) is 0 Å². The first-order chi connectivity index (χ1) is 16.2. The molecule has 3 aromatic carbocycles. The molecule has 0 unspecified atom stereocenters. The fraction of sp³-hybridized carbons (Fsp3) is 0.321. The third-order valence-electron chi connectivity index (χ3n) is 5.99. The highest BCUT2D eigenvalue weighted by Gasteiger charge is 2.29. The van der Waals surface area contributed by atoms with E-state index in [0.717, 1.165) is 18.8 Å². The lowest BCUT2D eigenvalue weighted by Crippen LogP contribution is -2.49. The number of ether oxygens (including phenoxy) is 2. The van der Waals surface area contributed by atoms with Gasteiger partial charge in [0, 0.05) is 32.2 Å². The van der Waals surface area contributed by atoms with Crippen LogP contribution in [0.2, 0.25) is 0 Å². The Morgan fingerprint density at radius 2 is 1.36 bits per heavy atom. The van der Waals surface area contributed by atoms with E-state index in [-0.39, 0.29) is 11.9 Å². The predicted octanol–water partition coefficient (Wildman–Crippen LogP) is 5.03. The number of amides is 1. The van der Waals surface area contributed by atoms with Gasteiger partial charge in [0.25, 0.3) is 5.91 Å². The molecule has 172 valence electrons. The van der Waals surface area contributed by atoms with Crippen molar-refractivity contribution < 1.29 is 14.3 Å². The monoisotopic (exact) mass is 444 g/mol. The van der Waals surface area contributed by atoms with Gasteiger partial charge in [-0.05, 0) is 37.1 Å². The molecule has 1 fully saturated rings. The second kappa shape index (κ2) is 11.0. The Kier molecular flexibility index (Phi) is 7.63. The zero-order valence-corrected chi connectivity index (χ0v) is 19.4. The second-order valence-electron chi connectivity index (χ2n) is 8.08. The molecule has 0 bridgehead atoms. The van der Waals surface area contributed by atoms with Gasteiger partial charge in [-0.15, -0.1) is 0 Å². The highest BCUT2D eigenvalue weighted by molar-refractivity contribution is 5.97. The van der Waals surface area contributed by atoms with E-state index in [0.29, 0.717) is 37.6 Å². The molecule has 3 aromatic rings. The number of carbonyl (C=O) groups is 1. The molecule has 1 heterocycles. The first kappa shape index (κ1) is 22.9. The van der Waals surface area contributed by atoms with Gasteiger partial charge in [-0.3, -0.25) is 9.69 Å². The lowest BCUT2D eigenvalue weighted by Gasteiger charge is -2.40. The van der Waals surface area contributed by atoms with E-state index in [1.165, 1.54) is 11.1 Å². The number of rotatable bonds is 8. The molecule has 0 atom stereocenters. The molecule has 0 radical (unpaired) electrons. The van der Waals surface area contributed by atoms with E-state index in [9.17, 15) is 4.79 Å². The highest BCUT2D eigenvalue weighted by atomic mass is 16.5. The number of hydrogen-bond donors (Lipinski definition) is 0. The number of carbonyl (C=O) groups excluding carboxylic acids is 1. The van der Waals surface area contributed by atoms with Gasteiger partial charge in [0.2, 0.25) is 0 Å². The summed E-state index contributed by atoms with van der Waals surface area (Å²) in [6, 6.07) is 26.9. The van der Waals surface area contributed by atoms with Crippen LogP contribution >= 0.6 is 0 Å². The average molecular weight is 445 g/mol. The van der Waals surface area contributed by atoms with Crippen LogP contribution < -0.4 is 9.47 Å². The van der Waals surface area contributed by atoms with Gasteiger partial charge in [0.1, 0.15) is 11.5 Å². The van der Waals surface area contributed by atoms with Crippen LogP contribution in [-0.2, 0) is 0 Å². The summed E-state index contributed by atoms with van der Waals surface area (Å²) in [5.41, 5.74) is 3.14. The molecule has 1 aliphatic rings. The third kappa shape index (κ3) is 5.37. The fourth-order valence-corrected chi connectivity index (χ4v) is 4.45. The van der Waals surface area contributed by atoms with Gasteiger partial charge in [-0.25, -0.2) is 0 Å². The summed E-state index contributed by atoms with van der Waals surface area (Å²) in [6.45, 7) is 7.90. The van der Waals surface area contributed by atoms with E-state index in [2.05, 4.69) is 65.6 Å². The average Bonchev–Trinajstić information content (AvgIpc) is 2.86. The first-order valence-corrected chi connectivity index (χ1v) is 11.7. The summed E-state index contributed by atoms with van der Waals surface area (Å²) in [6.07, 6.45) is 0. The summed E-state index contributed by atoms with van der Waals surface area (Å²) in [4.78, 5) is 17.8. The summed E-state index contributed by atoms with van der Waals surface area (Å²) in [5.74, 6) is 1.32. The topological polar surface area (TPSA) is 42.0 Å². The molecule has 1 amide bonds. The maximum atomic E-state index is 13.4. The minimum atomic E-state index is 0.0112. The van der Waals surface area contributed by atoms with Crippen molar-refractivity contribution in [3.8, 4) is 11.5 Å². The van der Waals surface area contributed by atoms with Gasteiger partial charge < -0.3 is 14.4 Å². The van der Waals surface area contributed by atoms with Crippen LogP contribution in [0, 0.1) is 0 Å². The Morgan fingerprint density at radius 1 is 0.788 bits per heavy atom. The standard InChI is InChI=1S/C28H32N2O3/c1-3-32-24-15-16-25(26(21-24)33-4-2)28(31)30-19-17-29(18-20-30)27(22-11-7-5-8-12-22)23-13-9-6-10-14-23/h5-16,21,27H,3-4,17-20H2,1-2H3. The maximum Gasteiger partial charge on any atom is 0.257 e. The first-order valence-electron chi connectivity index (χ1n) is 11.7. The number of nitrogens with zero attached hydrogens (tertiary/aromatic N) is 2. The smallest absolute Gasteiger partial charge is 0.257 e. The van der Waals surface area contributed by atoms with Crippen molar-refractivity contribution in [3.05, 3.63) is 95.6 Å². The van der Waals surface area contributed by atoms with Crippen LogP contribution in [-0.4, -0.2) is 55.1 Å². The summed E-state index contributed by atoms with van der Waals surface area (Å²) in [5, 5.41) is 0. The number of hydrogen-bond acceptors (Lipinski definition) is 4. The van der Waals surface area contributed by atoms with Gasteiger partial charge in [0.05, 0.1) is 24.8 Å². The minimum absolute atomic E-state index is 0.0112. The van der Waals surface area contributed by atoms with Crippen molar-refractivity contribution in [2.75, 3.05) is 39.4 Å². The van der Waals surface area contributed by atoms with Crippen molar-refractivity contribution >= 4 is 5.91 Å². The number of benzene rings is 3. The van der Waals surface area contributed by atoms with Gasteiger partial charge in [-0.1, -0.05) is 60.7 Å². The Bertz CT molecular complexity index is 992. The molecule has 0 aromatic heterocycles. The second-order valence-corrected chi connectivity index (χ2v) is 8.08. The van der Waals surface area contributed by atoms with E-state index in [1.54, 1.807) is 0 Å². The normalized spacial score (nSPS) is 14.3. The summed E-state index contributed by atoms with van der Waals surface area (Å²) >= 11 is 0. The lowest BCUT2D eigenvalue weighted by atomic mass is 9.96. The van der Waals surface area contributed by atoms with Crippen LogP contribution in [0.1, 0.15) is 41.4 Å². The molecule has 1 saturated heterocycles. The molecule has 4 rings (SSSR count). The SMILES string of the molecule is CCOc1ccc(C(=O)N2CCN(C(c3ccccc3)c3ccccc3)CC2)c(OCC)c1. The molecular formula is C28H32N2O3. The van der Waals surface area contributed by atoms with Gasteiger partial charge in [0.15, 0.2) is 0 Å². The molecule has 0 aliphatic carbocycles. The maximum absolute atomic E-state index is 13.4. The third-order valence-corrected chi connectivity index (χ3v) is 5.99. The minimum Gasteiger partial charge on any atom is -0.494 e. The Labute approximate surface area is 196 Å². The Morgan fingerprint density at radius 3 is 1.91 bits per heavy atom. The van der Waals surface area contributed by atoms with Crippen molar-refractivity contribution in [2.24, 2.45) is 0 Å². The van der Waals surface area contributed by atoms with Gasteiger partial charge in [-0.2, -0.15) is 0 Å². The zero-order valence-electron chi connectivity index (χ0n) is 19.4. The fourth-order valence-electron chi connectivity index (χ4n) is 4.45. The molecule has 1 aliphatic heterocycles. The van der Waals surface area contributed by atoms with E-state index >= 15 is 0 Å². The summed E-state index contributed by atoms with van der Waals surface area (Å²) < 4.78 is 11.4. The Balaban J connectivity index is 1.50. The molecular weight excluding hydrogens is 412 g/mol.